The van der Waals surface area contributed by atoms with Gasteiger partial charge in [0, 0.05) is 18.4 Å². The zero-order valence-electron chi connectivity index (χ0n) is 7.44. The van der Waals surface area contributed by atoms with Gasteiger partial charge in [0.05, 0.1) is 0 Å². The average molecular weight is 179 g/mol. The van der Waals surface area contributed by atoms with Gasteiger partial charge >= 0.3 is 0 Å². The van der Waals surface area contributed by atoms with Crippen LogP contribution < -0.4 is 5.73 Å². The third kappa shape index (κ3) is 1.43. The number of imidazole rings is 1. The Hall–Kier alpha value is -1.32. The van der Waals surface area contributed by atoms with Crippen LogP contribution in [0.3, 0.4) is 0 Å². The maximum Gasteiger partial charge on any atom is 0.284 e. The Morgan fingerprint density at radius 2 is 2.23 bits per heavy atom. The fraction of sp³-hybridized carbons (Fsp3) is 0.556. The Balaban J connectivity index is 2.28. The van der Waals surface area contributed by atoms with Gasteiger partial charge in [-0.2, -0.15) is 0 Å². The molecule has 1 aliphatic carbocycles. The number of hydrogen-bond acceptors (Lipinski definition) is 2. The molecule has 13 heavy (non-hydrogen) atoms. The molecule has 0 bridgehead atoms. The van der Waals surface area contributed by atoms with Crippen molar-refractivity contribution >= 4 is 5.91 Å². The first-order valence-corrected chi connectivity index (χ1v) is 4.61. The number of rotatable bonds is 2. The van der Waals surface area contributed by atoms with E-state index in [1.165, 1.54) is 12.8 Å². The van der Waals surface area contributed by atoms with Crippen LogP contribution in [-0.4, -0.2) is 15.5 Å². The van der Waals surface area contributed by atoms with Crippen molar-refractivity contribution in [1.82, 2.24) is 9.55 Å². The lowest BCUT2D eigenvalue weighted by Gasteiger charge is -2.12. The maximum absolute atomic E-state index is 11.0. The number of nitrogens with two attached hydrogens (primary N) is 1. The van der Waals surface area contributed by atoms with Crippen LogP contribution in [0.2, 0.25) is 0 Å². The minimum atomic E-state index is -0.433. The number of carbonyl (C=O) groups is 1. The summed E-state index contributed by atoms with van der Waals surface area (Å²) in [7, 11) is 0. The smallest absolute Gasteiger partial charge is 0.284 e. The molecule has 1 aromatic heterocycles. The van der Waals surface area contributed by atoms with E-state index in [0.717, 1.165) is 12.8 Å². The minimum Gasteiger partial charge on any atom is -0.363 e. The molecule has 4 nitrogen and oxygen atoms in total. The fourth-order valence-electron chi connectivity index (χ4n) is 1.98. The van der Waals surface area contributed by atoms with Gasteiger partial charge in [-0.3, -0.25) is 4.79 Å². The zero-order valence-corrected chi connectivity index (χ0v) is 7.44. The number of amides is 1. The van der Waals surface area contributed by atoms with Gasteiger partial charge < -0.3 is 10.3 Å². The molecule has 1 aliphatic rings. The molecule has 2 rings (SSSR count). The largest absolute Gasteiger partial charge is 0.363 e. The number of carbonyl (C=O) groups excluding carboxylic acids is 1. The molecule has 1 aromatic rings. The van der Waals surface area contributed by atoms with Crippen LogP contribution in [0, 0.1) is 0 Å². The van der Waals surface area contributed by atoms with E-state index in [0.29, 0.717) is 11.9 Å². The van der Waals surface area contributed by atoms with Crippen LogP contribution in [-0.2, 0) is 0 Å². The highest BCUT2D eigenvalue weighted by atomic mass is 16.1. The summed E-state index contributed by atoms with van der Waals surface area (Å²) in [6.45, 7) is 0. The van der Waals surface area contributed by atoms with Crippen molar-refractivity contribution in [3.05, 3.63) is 18.2 Å². The van der Waals surface area contributed by atoms with Crippen LogP contribution in [0.1, 0.15) is 42.3 Å². The number of aromatic nitrogens is 2. The van der Waals surface area contributed by atoms with Gasteiger partial charge in [-0.25, -0.2) is 4.98 Å². The predicted molar refractivity (Wildman–Crippen MR) is 48.2 cm³/mol. The normalized spacial score (nSPS) is 17.8. The second-order valence-corrected chi connectivity index (χ2v) is 3.46. The minimum absolute atomic E-state index is 0.395. The molecule has 0 radical (unpaired) electrons. The Labute approximate surface area is 76.8 Å². The molecular weight excluding hydrogens is 166 g/mol. The van der Waals surface area contributed by atoms with Crippen LogP contribution in [0.15, 0.2) is 12.4 Å². The SMILES string of the molecule is NC(=O)c1nccn1C1CCCC1. The summed E-state index contributed by atoms with van der Waals surface area (Å²) < 4.78 is 1.91. The number of primary amides is 1. The van der Waals surface area contributed by atoms with E-state index in [-0.39, 0.29) is 0 Å². The first kappa shape index (κ1) is 8.29. The summed E-state index contributed by atoms with van der Waals surface area (Å²) in [5.41, 5.74) is 5.20. The van der Waals surface area contributed by atoms with Gasteiger partial charge in [-0.15, -0.1) is 0 Å². The molecule has 2 N–H and O–H groups in total. The molecule has 0 spiro atoms. The van der Waals surface area contributed by atoms with E-state index in [1.807, 2.05) is 10.8 Å². The monoisotopic (exact) mass is 179 g/mol. The summed E-state index contributed by atoms with van der Waals surface area (Å²) in [6, 6.07) is 0.435. The zero-order chi connectivity index (χ0) is 9.26. The van der Waals surface area contributed by atoms with Crippen molar-refractivity contribution in [2.75, 3.05) is 0 Å². The molecule has 4 heteroatoms. The molecule has 0 aliphatic heterocycles. The van der Waals surface area contributed by atoms with E-state index in [2.05, 4.69) is 4.98 Å². The van der Waals surface area contributed by atoms with Gasteiger partial charge in [-0.05, 0) is 12.8 Å². The van der Waals surface area contributed by atoms with Gasteiger partial charge in [0.1, 0.15) is 0 Å². The molecule has 1 saturated carbocycles. The van der Waals surface area contributed by atoms with Crippen LogP contribution in [0.4, 0.5) is 0 Å². The second-order valence-electron chi connectivity index (χ2n) is 3.46. The lowest BCUT2D eigenvalue weighted by molar-refractivity contribution is 0.0984. The highest BCUT2D eigenvalue weighted by Crippen LogP contribution is 2.29. The van der Waals surface area contributed by atoms with E-state index in [9.17, 15) is 4.79 Å². The quantitative estimate of drug-likeness (QED) is 0.738. The third-order valence-corrected chi connectivity index (χ3v) is 2.61. The standard InChI is InChI=1S/C9H13N3O/c10-8(13)9-11-5-6-12(9)7-3-1-2-4-7/h5-7H,1-4H2,(H2,10,13). The van der Waals surface area contributed by atoms with Crippen molar-refractivity contribution < 1.29 is 4.79 Å². The topological polar surface area (TPSA) is 60.9 Å². The van der Waals surface area contributed by atoms with Crippen molar-refractivity contribution in [2.24, 2.45) is 5.73 Å². The summed E-state index contributed by atoms with van der Waals surface area (Å²) in [6.07, 6.45) is 8.23. The molecule has 0 unspecified atom stereocenters. The van der Waals surface area contributed by atoms with E-state index in [4.69, 9.17) is 5.73 Å². The number of nitrogens with zero attached hydrogens (tertiary/aromatic N) is 2. The average Bonchev–Trinajstić information content (AvgIpc) is 2.74. The molecule has 0 atom stereocenters. The van der Waals surface area contributed by atoms with Crippen molar-refractivity contribution in [3.63, 3.8) is 0 Å². The maximum atomic E-state index is 11.0. The van der Waals surface area contributed by atoms with Crippen LogP contribution in [0.25, 0.3) is 0 Å². The molecule has 1 heterocycles. The Bertz CT molecular complexity index is 312. The fourth-order valence-corrected chi connectivity index (χ4v) is 1.98. The van der Waals surface area contributed by atoms with Crippen molar-refractivity contribution in [2.45, 2.75) is 31.7 Å². The molecule has 70 valence electrons. The Kier molecular flexibility index (Phi) is 2.04. The first-order chi connectivity index (χ1) is 6.29. The van der Waals surface area contributed by atoms with Gasteiger partial charge in [0.2, 0.25) is 0 Å². The van der Waals surface area contributed by atoms with Crippen LogP contribution >= 0.6 is 0 Å². The van der Waals surface area contributed by atoms with E-state index >= 15 is 0 Å². The third-order valence-electron chi connectivity index (χ3n) is 2.61. The Morgan fingerprint density at radius 1 is 1.54 bits per heavy atom. The summed E-state index contributed by atoms with van der Waals surface area (Å²) in [5.74, 6) is -0.0381. The Morgan fingerprint density at radius 3 is 2.85 bits per heavy atom. The lowest BCUT2D eigenvalue weighted by atomic mass is 10.2. The number of hydrogen-bond donors (Lipinski definition) is 1. The highest BCUT2D eigenvalue weighted by Gasteiger charge is 2.20. The predicted octanol–water partition coefficient (Wildman–Crippen LogP) is 1.10. The molecule has 1 amide bonds. The van der Waals surface area contributed by atoms with Crippen LogP contribution in [0.5, 0.6) is 0 Å². The van der Waals surface area contributed by atoms with Gasteiger partial charge in [-0.1, -0.05) is 12.8 Å². The highest BCUT2D eigenvalue weighted by molar-refractivity contribution is 5.89. The summed E-state index contributed by atoms with van der Waals surface area (Å²) in [4.78, 5) is 14.9. The first-order valence-electron chi connectivity index (χ1n) is 4.61. The van der Waals surface area contributed by atoms with Gasteiger partial charge in [0.25, 0.3) is 5.91 Å². The lowest BCUT2D eigenvalue weighted by Crippen LogP contribution is -2.19. The second kappa shape index (κ2) is 3.20. The summed E-state index contributed by atoms with van der Waals surface area (Å²) >= 11 is 0. The molecular formula is C9H13N3O. The molecule has 0 saturated heterocycles. The van der Waals surface area contributed by atoms with Crippen molar-refractivity contribution in [3.8, 4) is 0 Å². The van der Waals surface area contributed by atoms with Crippen molar-refractivity contribution in [1.29, 1.82) is 0 Å². The van der Waals surface area contributed by atoms with E-state index < -0.39 is 5.91 Å². The van der Waals surface area contributed by atoms with E-state index in [1.54, 1.807) is 6.20 Å². The molecule has 1 fully saturated rings. The molecule has 0 aromatic carbocycles. The van der Waals surface area contributed by atoms with Gasteiger partial charge in [0.15, 0.2) is 5.82 Å². The summed E-state index contributed by atoms with van der Waals surface area (Å²) in [5, 5.41) is 0.